The van der Waals surface area contributed by atoms with Gasteiger partial charge in [-0.25, -0.2) is 0 Å². The quantitative estimate of drug-likeness (QED) is 0.807. The molecule has 2 saturated carbocycles. The van der Waals surface area contributed by atoms with Crippen LogP contribution in [0, 0.1) is 5.92 Å². The molecule has 0 aromatic carbocycles. The lowest BCUT2D eigenvalue weighted by atomic mass is 9.84. The molecule has 0 radical (unpaired) electrons. The van der Waals surface area contributed by atoms with Crippen LogP contribution in [-0.4, -0.2) is 36.1 Å². The first kappa shape index (κ1) is 12.0. The summed E-state index contributed by atoms with van der Waals surface area (Å²) in [5.74, 6) is 0.957. The maximum atomic E-state index is 3.92. The van der Waals surface area contributed by atoms with E-state index in [1.807, 2.05) is 0 Å². The summed E-state index contributed by atoms with van der Waals surface area (Å²) in [5, 5.41) is 3.92. The van der Waals surface area contributed by atoms with Gasteiger partial charge in [0.2, 0.25) is 0 Å². The fourth-order valence-corrected chi connectivity index (χ4v) is 3.84. The van der Waals surface area contributed by atoms with Gasteiger partial charge in [-0.15, -0.1) is 0 Å². The average molecular weight is 236 g/mol. The fourth-order valence-electron chi connectivity index (χ4n) is 3.84. The normalized spacial score (nSPS) is 34.1. The van der Waals surface area contributed by atoms with Crippen molar-refractivity contribution in [2.24, 2.45) is 5.92 Å². The first-order valence-electron chi connectivity index (χ1n) is 7.83. The Bertz CT molecular complexity index is 243. The smallest absolute Gasteiger partial charge is 0.0209 e. The summed E-state index contributed by atoms with van der Waals surface area (Å²) in [4.78, 5) is 2.71. The molecule has 3 aliphatic rings. The Morgan fingerprint density at radius 3 is 2.47 bits per heavy atom. The summed E-state index contributed by atoms with van der Waals surface area (Å²) in [6.45, 7) is 5.09. The molecule has 0 spiro atoms. The van der Waals surface area contributed by atoms with Crippen LogP contribution in [0.5, 0.6) is 0 Å². The monoisotopic (exact) mass is 236 g/mol. The van der Waals surface area contributed by atoms with Gasteiger partial charge in [-0.05, 0) is 44.9 Å². The number of rotatable bonds is 4. The van der Waals surface area contributed by atoms with E-state index in [1.165, 1.54) is 64.5 Å². The van der Waals surface area contributed by atoms with Crippen LogP contribution >= 0.6 is 0 Å². The Labute approximate surface area is 106 Å². The third kappa shape index (κ3) is 3.03. The van der Waals surface area contributed by atoms with Gasteiger partial charge in [0, 0.05) is 31.2 Å². The van der Waals surface area contributed by atoms with Gasteiger partial charge in [-0.3, -0.25) is 4.90 Å². The highest BCUT2D eigenvalue weighted by Crippen LogP contribution is 2.31. The van der Waals surface area contributed by atoms with E-state index in [2.05, 4.69) is 17.1 Å². The van der Waals surface area contributed by atoms with Crippen LogP contribution in [0.3, 0.4) is 0 Å². The molecule has 1 saturated heterocycles. The molecular formula is C15H28N2. The molecule has 17 heavy (non-hydrogen) atoms. The Balaban J connectivity index is 1.43. The largest absolute Gasteiger partial charge is 0.310 e. The van der Waals surface area contributed by atoms with Crippen molar-refractivity contribution in [2.75, 3.05) is 13.1 Å². The minimum Gasteiger partial charge on any atom is -0.310 e. The Morgan fingerprint density at radius 2 is 1.76 bits per heavy atom. The van der Waals surface area contributed by atoms with Crippen LogP contribution < -0.4 is 5.32 Å². The maximum Gasteiger partial charge on any atom is 0.0209 e. The van der Waals surface area contributed by atoms with Crippen LogP contribution in [0.1, 0.15) is 58.3 Å². The minimum absolute atomic E-state index is 0.749. The molecule has 0 bridgehead atoms. The van der Waals surface area contributed by atoms with Crippen LogP contribution in [0.4, 0.5) is 0 Å². The summed E-state index contributed by atoms with van der Waals surface area (Å²) in [6.07, 6.45) is 11.6. The zero-order valence-electron chi connectivity index (χ0n) is 11.3. The molecule has 0 aromatic rings. The fraction of sp³-hybridized carbons (Fsp3) is 1.00. The minimum atomic E-state index is 0.749. The van der Waals surface area contributed by atoms with E-state index in [-0.39, 0.29) is 0 Å². The molecule has 3 fully saturated rings. The number of nitrogens with zero attached hydrogens (tertiary/aromatic N) is 1. The predicted octanol–water partition coefficient (Wildman–Crippen LogP) is 2.78. The summed E-state index contributed by atoms with van der Waals surface area (Å²) in [7, 11) is 0. The van der Waals surface area contributed by atoms with E-state index in [4.69, 9.17) is 0 Å². The van der Waals surface area contributed by atoms with E-state index in [0.29, 0.717) is 0 Å². The van der Waals surface area contributed by atoms with Crippen molar-refractivity contribution in [3.05, 3.63) is 0 Å². The molecule has 1 aliphatic heterocycles. The second-order valence-corrected chi connectivity index (χ2v) is 6.57. The summed E-state index contributed by atoms with van der Waals surface area (Å²) in [6, 6.07) is 2.50. The zero-order valence-corrected chi connectivity index (χ0v) is 11.3. The van der Waals surface area contributed by atoms with Crippen molar-refractivity contribution in [1.82, 2.24) is 10.2 Å². The molecule has 98 valence electrons. The lowest BCUT2D eigenvalue weighted by molar-refractivity contribution is 0.256. The first-order chi connectivity index (χ1) is 8.33. The standard InChI is InChI=1S/C15H28N2/c1-12(13-5-3-2-4-6-13)16-14-9-10-17(11-14)15-7-8-15/h12-16H,2-11H2,1H3. The molecule has 1 N–H and O–H groups in total. The lowest BCUT2D eigenvalue weighted by Crippen LogP contribution is -2.43. The summed E-state index contributed by atoms with van der Waals surface area (Å²) in [5.41, 5.74) is 0. The first-order valence-corrected chi connectivity index (χ1v) is 7.83. The van der Waals surface area contributed by atoms with Crippen molar-refractivity contribution < 1.29 is 0 Å². The van der Waals surface area contributed by atoms with Gasteiger partial charge in [0.05, 0.1) is 0 Å². The number of likely N-dealkylation sites (tertiary alicyclic amines) is 1. The summed E-state index contributed by atoms with van der Waals surface area (Å²) < 4.78 is 0. The van der Waals surface area contributed by atoms with E-state index >= 15 is 0 Å². The number of nitrogens with one attached hydrogen (secondary N) is 1. The van der Waals surface area contributed by atoms with Gasteiger partial charge in [-0.1, -0.05) is 19.3 Å². The molecule has 2 heteroatoms. The molecule has 2 aliphatic carbocycles. The predicted molar refractivity (Wildman–Crippen MR) is 72.2 cm³/mol. The van der Waals surface area contributed by atoms with Crippen molar-refractivity contribution in [3.8, 4) is 0 Å². The zero-order chi connectivity index (χ0) is 11.7. The number of hydrogen-bond donors (Lipinski definition) is 1. The van der Waals surface area contributed by atoms with Crippen LogP contribution in [-0.2, 0) is 0 Å². The van der Waals surface area contributed by atoms with Crippen molar-refractivity contribution in [3.63, 3.8) is 0 Å². The van der Waals surface area contributed by atoms with Crippen LogP contribution in [0.15, 0.2) is 0 Å². The summed E-state index contributed by atoms with van der Waals surface area (Å²) >= 11 is 0. The molecule has 1 heterocycles. The molecule has 2 unspecified atom stereocenters. The van der Waals surface area contributed by atoms with Crippen molar-refractivity contribution >= 4 is 0 Å². The highest BCUT2D eigenvalue weighted by molar-refractivity contribution is 4.93. The van der Waals surface area contributed by atoms with Gasteiger partial charge in [-0.2, -0.15) is 0 Å². The topological polar surface area (TPSA) is 15.3 Å². The van der Waals surface area contributed by atoms with Gasteiger partial charge < -0.3 is 5.32 Å². The van der Waals surface area contributed by atoms with E-state index in [1.54, 1.807) is 0 Å². The highest BCUT2D eigenvalue weighted by Gasteiger charge is 2.35. The molecular weight excluding hydrogens is 208 g/mol. The Kier molecular flexibility index (Phi) is 3.72. The maximum absolute atomic E-state index is 3.92. The van der Waals surface area contributed by atoms with E-state index in [9.17, 15) is 0 Å². The molecule has 2 nitrogen and oxygen atoms in total. The van der Waals surface area contributed by atoms with Gasteiger partial charge in [0.25, 0.3) is 0 Å². The number of hydrogen-bond acceptors (Lipinski definition) is 2. The van der Waals surface area contributed by atoms with Crippen molar-refractivity contribution in [1.29, 1.82) is 0 Å². The molecule has 0 amide bonds. The van der Waals surface area contributed by atoms with E-state index in [0.717, 1.165) is 24.0 Å². The third-order valence-corrected chi connectivity index (χ3v) is 5.14. The van der Waals surface area contributed by atoms with Gasteiger partial charge in [0.15, 0.2) is 0 Å². The Morgan fingerprint density at radius 1 is 1.00 bits per heavy atom. The van der Waals surface area contributed by atoms with Gasteiger partial charge >= 0.3 is 0 Å². The second-order valence-electron chi connectivity index (χ2n) is 6.57. The van der Waals surface area contributed by atoms with E-state index < -0.39 is 0 Å². The van der Waals surface area contributed by atoms with Crippen molar-refractivity contribution in [2.45, 2.75) is 76.4 Å². The average Bonchev–Trinajstić information content (AvgIpc) is 3.12. The molecule has 0 aromatic heterocycles. The highest BCUT2D eigenvalue weighted by atomic mass is 15.2. The lowest BCUT2D eigenvalue weighted by Gasteiger charge is -2.30. The third-order valence-electron chi connectivity index (χ3n) is 5.14. The van der Waals surface area contributed by atoms with Crippen LogP contribution in [0.25, 0.3) is 0 Å². The van der Waals surface area contributed by atoms with Gasteiger partial charge in [0.1, 0.15) is 0 Å². The molecule has 2 atom stereocenters. The second kappa shape index (κ2) is 5.27. The molecule has 3 rings (SSSR count). The van der Waals surface area contributed by atoms with Crippen LogP contribution in [0.2, 0.25) is 0 Å². The SMILES string of the molecule is CC(NC1CCN(C2CC2)C1)C1CCCCC1. The Hall–Kier alpha value is -0.0800.